The van der Waals surface area contributed by atoms with Gasteiger partial charge in [0.25, 0.3) is 0 Å². The lowest BCUT2D eigenvalue weighted by atomic mass is 10.1. The van der Waals surface area contributed by atoms with Crippen LogP contribution in [0.5, 0.6) is 0 Å². The third-order valence-corrected chi connectivity index (χ3v) is 3.63. The van der Waals surface area contributed by atoms with Crippen molar-refractivity contribution in [2.24, 2.45) is 0 Å². The smallest absolute Gasteiger partial charge is 0.241 e. The van der Waals surface area contributed by atoms with E-state index in [1.165, 1.54) is 19.3 Å². The summed E-state index contributed by atoms with van der Waals surface area (Å²) < 4.78 is 5.32. The van der Waals surface area contributed by atoms with Gasteiger partial charge in [-0.1, -0.05) is 23.2 Å². The largest absolute Gasteiger partial charge is 0.338 e. The van der Waals surface area contributed by atoms with Crippen molar-refractivity contribution in [1.29, 1.82) is 0 Å². The van der Waals surface area contributed by atoms with Crippen LogP contribution in [0.1, 0.15) is 25.2 Å². The van der Waals surface area contributed by atoms with E-state index in [0.717, 1.165) is 25.2 Å². The van der Waals surface area contributed by atoms with Crippen molar-refractivity contribution < 1.29 is 4.52 Å². The Morgan fingerprint density at radius 2 is 1.84 bits per heavy atom. The van der Waals surface area contributed by atoms with Gasteiger partial charge < -0.3 is 4.52 Å². The summed E-state index contributed by atoms with van der Waals surface area (Å²) in [4.78, 5) is 6.81. The van der Waals surface area contributed by atoms with Gasteiger partial charge in [-0.25, -0.2) is 0 Å². The van der Waals surface area contributed by atoms with Crippen molar-refractivity contribution in [3.05, 3.63) is 35.2 Å². The lowest BCUT2D eigenvalue weighted by Gasteiger charge is -2.24. The van der Waals surface area contributed by atoms with Gasteiger partial charge in [-0.15, -0.1) is 0 Å². The van der Waals surface area contributed by atoms with E-state index in [4.69, 9.17) is 16.1 Å². The van der Waals surface area contributed by atoms with Crippen LogP contribution in [-0.4, -0.2) is 28.1 Å². The SMILES string of the molecule is Clc1ccc(-c2noc(CN3CCCCC3)n2)cc1. The number of halogens is 1. The van der Waals surface area contributed by atoms with Gasteiger partial charge in [0.2, 0.25) is 11.7 Å². The number of aromatic nitrogens is 2. The molecule has 1 aromatic carbocycles. The van der Waals surface area contributed by atoms with Crippen LogP contribution in [0.25, 0.3) is 11.4 Å². The summed E-state index contributed by atoms with van der Waals surface area (Å²) in [5.74, 6) is 1.32. The maximum atomic E-state index is 5.86. The molecule has 2 heterocycles. The normalized spacial score (nSPS) is 16.7. The van der Waals surface area contributed by atoms with E-state index >= 15 is 0 Å². The van der Waals surface area contributed by atoms with E-state index in [9.17, 15) is 0 Å². The fraction of sp³-hybridized carbons (Fsp3) is 0.429. The predicted molar refractivity (Wildman–Crippen MR) is 73.9 cm³/mol. The summed E-state index contributed by atoms with van der Waals surface area (Å²) in [5, 5.41) is 4.73. The van der Waals surface area contributed by atoms with Gasteiger partial charge in [-0.3, -0.25) is 4.90 Å². The summed E-state index contributed by atoms with van der Waals surface area (Å²) in [6.07, 6.45) is 3.85. The van der Waals surface area contributed by atoms with Crippen LogP contribution in [0.2, 0.25) is 5.02 Å². The monoisotopic (exact) mass is 277 g/mol. The van der Waals surface area contributed by atoms with Crippen LogP contribution in [0.3, 0.4) is 0 Å². The van der Waals surface area contributed by atoms with E-state index in [2.05, 4.69) is 15.0 Å². The van der Waals surface area contributed by atoms with Crippen molar-refractivity contribution in [3.8, 4) is 11.4 Å². The minimum Gasteiger partial charge on any atom is -0.338 e. The summed E-state index contributed by atoms with van der Waals surface area (Å²) in [7, 11) is 0. The minimum absolute atomic E-state index is 0.628. The molecule has 0 radical (unpaired) electrons. The highest BCUT2D eigenvalue weighted by atomic mass is 35.5. The summed E-state index contributed by atoms with van der Waals surface area (Å²) >= 11 is 5.86. The van der Waals surface area contributed by atoms with Gasteiger partial charge in [0.1, 0.15) is 0 Å². The number of benzene rings is 1. The van der Waals surface area contributed by atoms with Crippen molar-refractivity contribution in [1.82, 2.24) is 15.0 Å². The molecule has 1 saturated heterocycles. The molecule has 1 aromatic heterocycles. The zero-order valence-corrected chi connectivity index (χ0v) is 11.4. The first-order chi connectivity index (χ1) is 9.31. The standard InChI is InChI=1S/C14H16ClN3O/c15-12-6-4-11(5-7-12)14-16-13(19-17-14)10-18-8-2-1-3-9-18/h4-7H,1-3,8-10H2. The number of piperidine rings is 1. The van der Waals surface area contributed by atoms with E-state index in [1.54, 1.807) is 0 Å². The number of hydrogen-bond donors (Lipinski definition) is 0. The van der Waals surface area contributed by atoms with Crippen LogP contribution in [0, 0.1) is 0 Å². The van der Waals surface area contributed by atoms with Gasteiger partial charge in [0.15, 0.2) is 0 Å². The molecule has 1 fully saturated rings. The summed E-state index contributed by atoms with van der Waals surface area (Å²) in [6, 6.07) is 7.46. The lowest BCUT2D eigenvalue weighted by Crippen LogP contribution is -2.29. The van der Waals surface area contributed by atoms with Crippen LogP contribution in [0.15, 0.2) is 28.8 Å². The molecule has 0 spiro atoms. The van der Waals surface area contributed by atoms with Crippen molar-refractivity contribution >= 4 is 11.6 Å². The Labute approximate surface area is 117 Å². The molecule has 0 aliphatic carbocycles. The van der Waals surface area contributed by atoms with Crippen LogP contribution < -0.4 is 0 Å². The quantitative estimate of drug-likeness (QED) is 0.863. The Morgan fingerprint density at radius 1 is 1.11 bits per heavy atom. The Morgan fingerprint density at radius 3 is 2.58 bits per heavy atom. The molecule has 0 N–H and O–H groups in total. The molecular weight excluding hydrogens is 262 g/mol. The third-order valence-electron chi connectivity index (χ3n) is 3.38. The molecule has 0 atom stereocenters. The van der Waals surface area contributed by atoms with Crippen molar-refractivity contribution in [3.63, 3.8) is 0 Å². The molecule has 4 nitrogen and oxygen atoms in total. The molecule has 100 valence electrons. The molecule has 2 aromatic rings. The number of likely N-dealkylation sites (tertiary alicyclic amines) is 1. The maximum Gasteiger partial charge on any atom is 0.241 e. The molecule has 1 aliphatic rings. The average Bonchev–Trinajstić information content (AvgIpc) is 2.89. The summed E-state index contributed by atoms with van der Waals surface area (Å²) in [5.41, 5.74) is 0.929. The van der Waals surface area contributed by atoms with Gasteiger partial charge in [-0.2, -0.15) is 4.98 Å². The first-order valence-electron chi connectivity index (χ1n) is 6.62. The molecule has 0 bridgehead atoms. The average molecular weight is 278 g/mol. The molecule has 0 unspecified atom stereocenters. The molecule has 19 heavy (non-hydrogen) atoms. The Bertz CT molecular complexity index is 532. The van der Waals surface area contributed by atoms with Crippen LogP contribution in [-0.2, 0) is 6.54 Å². The minimum atomic E-state index is 0.628. The third kappa shape index (κ3) is 3.14. The second-order valence-electron chi connectivity index (χ2n) is 4.86. The summed E-state index contributed by atoms with van der Waals surface area (Å²) in [6.45, 7) is 3.00. The number of nitrogens with zero attached hydrogens (tertiary/aromatic N) is 3. The number of hydrogen-bond acceptors (Lipinski definition) is 4. The Balaban J connectivity index is 1.70. The molecular formula is C14H16ClN3O. The Hall–Kier alpha value is -1.39. The zero-order valence-electron chi connectivity index (χ0n) is 10.7. The number of rotatable bonds is 3. The van der Waals surface area contributed by atoms with Gasteiger partial charge in [0.05, 0.1) is 6.54 Å². The zero-order chi connectivity index (χ0) is 13.1. The Kier molecular flexibility index (Phi) is 3.80. The second-order valence-corrected chi connectivity index (χ2v) is 5.29. The second kappa shape index (κ2) is 5.72. The predicted octanol–water partition coefficient (Wildman–Crippen LogP) is 3.38. The van der Waals surface area contributed by atoms with E-state index in [0.29, 0.717) is 16.7 Å². The van der Waals surface area contributed by atoms with Crippen molar-refractivity contribution in [2.45, 2.75) is 25.8 Å². The van der Waals surface area contributed by atoms with Crippen LogP contribution >= 0.6 is 11.6 Å². The molecule has 5 heteroatoms. The van der Waals surface area contributed by atoms with E-state index in [1.807, 2.05) is 24.3 Å². The molecule has 3 rings (SSSR count). The maximum absolute atomic E-state index is 5.86. The molecule has 0 amide bonds. The van der Waals surface area contributed by atoms with Crippen molar-refractivity contribution in [2.75, 3.05) is 13.1 Å². The van der Waals surface area contributed by atoms with Gasteiger partial charge >= 0.3 is 0 Å². The van der Waals surface area contributed by atoms with Gasteiger partial charge in [0, 0.05) is 10.6 Å². The fourth-order valence-corrected chi connectivity index (χ4v) is 2.47. The highest BCUT2D eigenvalue weighted by Gasteiger charge is 2.15. The highest BCUT2D eigenvalue weighted by Crippen LogP contribution is 2.19. The fourth-order valence-electron chi connectivity index (χ4n) is 2.34. The lowest BCUT2D eigenvalue weighted by molar-refractivity contribution is 0.193. The van der Waals surface area contributed by atoms with E-state index in [-0.39, 0.29) is 0 Å². The topological polar surface area (TPSA) is 42.2 Å². The first kappa shape index (κ1) is 12.6. The molecule has 0 saturated carbocycles. The first-order valence-corrected chi connectivity index (χ1v) is 7.00. The highest BCUT2D eigenvalue weighted by molar-refractivity contribution is 6.30. The molecule has 1 aliphatic heterocycles. The van der Waals surface area contributed by atoms with Crippen LogP contribution in [0.4, 0.5) is 0 Å². The van der Waals surface area contributed by atoms with Gasteiger partial charge in [-0.05, 0) is 50.2 Å². The van der Waals surface area contributed by atoms with E-state index < -0.39 is 0 Å².